The van der Waals surface area contributed by atoms with E-state index in [1.165, 1.54) is 6.42 Å². The van der Waals surface area contributed by atoms with Crippen molar-refractivity contribution in [1.82, 2.24) is 0 Å². The van der Waals surface area contributed by atoms with E-state index in [0.717, 1.165) is 42.6 Å². The summed E-state index contributed by atoms with van der Waals surface area (Å²) in [5, 5.41) is 8.97. The third-order valence-corrected chi connectivity index (χ3v) is 6.22. The molecule has 1 fully saturated rings. The maximum atomic E-state index is 10.9. The molecule has 2 heterocycles. The van der Waals surface area contributed by atoms with Gasteiger partial charge in [-0.05, 0) is 63.5 Å². The third-order valence-electron chi connectivity index (χ3n) is 6.22. The molecular formula is C23H34O4. The van der Waals surface area contributed by atoms with Crippen molar-refractivity contribution in [3.63, 3.8) is 0 Å². The quantitative estimate of drug-likeness (QED) is 0.681. The summed E-state index contributed by atoms with van der Waals surface area (Å²) in [5.74, 6) is 1.20. The Bertz CT molecular complexity index is 668. The van der Waals surface area contributed by atoms with Gasteiger partial charge in [0, 0.05) is 17.9 Å². The zero-order chi connectivity index (χ0) is 19.6. The number of fused-ring (bicyclic) bond motifs is 3. The topological polar surface area (TPSA) is 55.8 Å². The summed E-state index contributed by atoms with van der Waals surface area (Å²) in [6.45, 7) is 8.93. The van der Waals surface area contributed by atoms with Crippen LogP contribution in [0.5, 0.6) is 5.75 Å². The Labute approximate surface area is 163 Å². The fourth-order valence-electron chi connectivity index (χ4n) is 4.63. The fourth-order valence-corrected chi connectivity index (χ4v) is 4.63. The van der Waals surface area contributed by atoms with Crippen molar-refractivity contribution in [2.45, 2.75) is 90.4 Å². The summed E-state index contributed by atoms with van der Waals surface area (Å²) in [4.78, 5) is 10.9. The number of ether oxygens (including phenoxy) is 2. The maximum absolute atomic E-state index is 10.9. The SMILES string of the molecule is CC(C)CCC[C@@]1(C)Oc2cc(CCC(=O)O)ccc2[C@@H]2O[C@H](C)CC[C@H]21. The maximum Gasteiger partial charge on any atom is 0.303 e. The van der Waals surface area contributed by atoms with Gasteiger partial charge in [-0.3, -0.25) is 4.79 Å². The first-order valence-electron chi connectivity index (χ1n) is 10.5. The van der Waals surface area contributed by atoms with E-state index < -0.39 is 5.97 Å². The van der Waals surface area contributed by atoms with Crippen LogP contribution in [0.15, 0.2) is 18.2 Å². The standard InChI is InChI=1S/C23H34O4/c1-15(2)6-5-13-23(4)19-11-7-16(3)26-22(19)18-10-8-17(9-12-21(24)25)14-20(18)27-23/h8,10,14-16,19,22H,5-7,9,11-13H2,1-4H3,(H,24,25)/t16-,19-,22+,23-/m1/s1. The zero-order valence-corrected chi connectivity index (χ0v) is 17.2. The van der Waals surface area contributed by atoms with Crippen LogP contribution in [0.3, 0.4) is 0 Å². The smallest absolute Gasteiger partial charge is 0.303 e. The van der Waals surface area contributed by atoms with E-state index >= 15 is 0 Å². The number of benzene rings is 1. The van der Waals surface area contributed by atoms with Crippen LogP contribution in [0.4, 0.5) is 0 Å². The van der Waals surface area contributed by atoms with Crippen LogP contribution in [0, 0.1) is 11.8 Å². The number of carboxylic acids is 1. The first-order valence-corrected chi connectivity index (χ1v) is 10.5. The molecule has 4 nitrogen and oxygen atoms in total. The minimum Gasteiger partial charge on any atom is -0.487 e. The van der Waals surface area contributed by atoms with Gasteiger partial charge < -0.3 is 14.6 Å². The van der Waals surface area contributed by atoms with E-state index in [2.05, 4.69) is 33.8 Å². The fraction of sp³-hybridized carbons (Fsp3) is 0.696. The van der Waals surface area contributed by atoms with Crippen LogP contribution in [0.2, 0.25) is 0 Å². The second-order valence-electron chi connectivity index (χ2n) is 9.02. The van der Waals surface area contributed by atoms with Crippen LogP contribution in [0.1, 0.15) is 83.5 Å². The number of hydrogen-bond acceptors (Lipinski definition) is 3. The van der Waals surface area contributed by atoms with E-state index in [9.17, 15) is 4.79 Å². The van der Waals surface area contributed by atoms with Crippen molar-refractivity contribution in [1.29, 1.82) is 0 Å². The minimum absolute atomic E-state index is 0.0788. The molecule has 1 N–H and O–H groups in total. The second kappa shape index (κ2) is 8.22. The predicted octanol–water partition coefficient (Wildman–Crippen LogP) is 5.54. The van der Waals surface area contributed by atoms with Gasteiger partial charge in [-0.2, -0.15) is 0 Å². The van der Waals surface area contributed by atoms with Crippen molar-refractivity contribution in [2.24, 2.45) is 11.8 Å². The van der Waals surface area contributed by atoms with E-state index in [1.807, 2.05) is 12.1 Å². The number of carboxylic acid groups (broad SMARTS) is 1. The lowest BCUT2D eigenvalue weighted by Crippen LogP contribution is -2.50. The Hall–Kier alpha value is -1.55. The van der Waals surface area contributed by atoms with E-state index in [0.29, 0.717) is 18.3 Å². The molecule has 0 bridgehead atoms. The van der Waals surface area contributed by atoms with Crippen molar-refractivity contribution in [3.8, 4) is 5.75 Å². The third kappa shape index (κ3) is 4.66. The highest BCUT2D eigenvalue weighted by Gasteiger charge is 2.49. The Morgan fingerprint density at radius 1 is 1.33 bits per heavy atom. The molecular weight excluding hydrogens is 340 g/mol. The normalized spacial score (nSPS) is 29.7. The van der Waals surface area contributed by atoms with Gasteiger partial charge in [-0.15, -0.1) is 0 Å². The summed E-state index contributed by atoms with van der Waals surface area (Å²) in [6, 6.07) is 6.17. The molecule has 2 aliphatic heterocycles. The van der Waals surface area contributed by atoms with Crippen molar-refractivity contribution in [2.75, 3.05) is 0 Å². The lowest BCUT2D eigenvalue weighted by Gasteiger charge is -2.50. The Kier molecular flexibility index (Phi) is 6.15. The zero-order valence-electron chi connectivity index (χ0n) is 17.2. The molecule has 1 aromatic carbocycles. The number of hydrogen-bond donors (Lipinski definition) is 1. The van der Waals surface area contributed by atoms with Gasteiger partial charge in [0.25, 0.3) is 0 Å². The van der Waals surface area contributed by atoms with Gasteiger partial charge in [0.15, 0.2) is 0 Å². The lowest BCUT2D eigenvalue weighted by atomic mass is 9.72. The second-order valence-corrected chi connectivity index (χ2v) is 9.02. The molecule has 3 rings (SSSR count). The van der Waals surface area contributed by atoms with E-state index in [-0.39, 0.29) is 24.2 Å². The molecule has 0 spiro atoms. The van der Waals surface area contributed by atoms with Gasteiger partial charge in [-0.25, -0.2) is 0 Å². The van der Waals surface area contributed by atoms with Gasteiger partial charge in [0.1, 0.15) is 11.4 Å². The predicted molar refractivity (Wildman–Crippen MR) is 106 cm³/mol. The number of aliphatic carboxylic acids is 1. The van der Waals surface area contributed by atoms with Crippen molar-refractivity contribution in [3.05, 3.63) is 29.3 Å². The molecule has 0 aromatic heterocycles. The molecule has 1 aromatic rings. The highest BCUT2D eigenvalue weighted by Crippen LogP contribution is 2.52. The average Bonchev–Trinajstić information content (AvgIpc) is 2.59. The molecule has 4 atom stereocenters. The first kappa shape index (κ1) is 20.2. The van der Waals surface area contributed by atoms with Crippen LogP contribution in [-0.2, 0) is 16.0 Å². The van der Waals surface area contributed by atoms with Gasteiger partial charge in [0.05, 0.1) is 12.2 Å². The van der Waals surface area contributed by atoms with E-state index in [4.69, 9.17) is 14.6 Å². The average molecular weight is 375 g/mol. The Balaban J connectivity index is 1.86. The van der Waals surface area contributed by atoms with Gasteiger partial charge in [0.2, 0.25) is 0 Å². The minimum atomic E-state index is -0.767. The molecule has 0 aliphatic carbocycles. The highest BCUT2D eigenvalue weighted by atomic mass is 16.5. The summed E-state index contributed by atoms with van der Waals surface area (Å²) in [5.41, 5.74) is 1.92. The van der Waals surface area contributed by atoms with Crippen LogP contribution >= 0.6 is 0 Å². The lowest BCUT2D eigenvalue weighted by molar-refractivity contribution is -0.152. The molecule has 0 amide bonds. The molecule has 27 heavy (non-hydrogen) atoms. The largest absolute Gasteiger partial charge is 0.487 e. The van der Waals surface area contributed by atoms with Crippen molar-refractivity contribution >= 4 is 5.97 Å². The number of aryl methyl sites for hydroxylation is 1. The molecule has 4 heteroatoms. The first-order chi connectivity index (χ1) is 12.8. The molecule has 0 radical (unpaired) electrons. The monoisotopic (exact) mass is 374 g/mol. The van der Waals surface area contributed by atoms with Crippen LogP contribution in [-0.4, -0.2) is 22.8 Å². The summed E-state index contributed by atoms with van der Waals surface area (Å²) >= 11 is 0. The molecule has 2 aliphatic rings. The summed E-state index contributed by atoms with van der Waals surface area (Å²) in [6.07, 6.45) is 6.62. The molecule has 1 saturated heterocycles. The number of rotatable bonds is 7. The van der Waals surface area contributed by atoms with Crippen LogP contribution in [0.25, 0.3) is 0 Å². The Morgan fingerprint density at radius 2 is 2.11 bits per heavy atom. The van der Waals surface area contributed by atoms with Gasteiger partial charge in [-0.1, -0.05) is 32.4 Å². The van der Waals surface area contributed by atoms with E-state index in [1.54, 1.807) is 0 Å². The molecule has 150 valence electrons. The summed E-state index contributed by atoms with van der Waals surface area (Å²) in [7, 11) is 0. The Morgan fingerprint density at radius 3 is 2.81 bits per heavy atom. The number of carbonyl (C=O) groups is 1. The highest BCUT2D eigenvalue weighted by molar-refractivity contribution is 5.67. The van der Waals surface area contributed by atoms with Crippen LogP contribution < -0.4 is 4.74 Å². The summed E-state index contributed by atoms with van der Waals surface area (Å²) < 4.78 is 13.0. The molecule has 0 saturated carbocycles. The van der Waals surface area contributed by atoms with Crippen molar-refractivity contribution < 1.29 is 19.4 Å². The molecule has 0 unspecified atom stereocenters. The van der Waals surface area contributed by atoms with Gasteiger partial charge >= 0.3 is 5.97 Å².